The third-order valence-electron chi connectivity index (χ3n) is 3.16. The molecule has 6 heteroatoms. The van der Waals surface area contributed by atoms with Crippen LogP contribution in [0.15, 0.2) is 18.2 Å². The summed E-state index contributed by atoms with van der Waals surface area (Å²) < 4.78 is 4.89. The van der Waals surface area contributed by atoms with E-state index in [1.54, 1.807) is 13.2 Å². The molecule has 1 N–H and O–H groups in total. The number of carbonyl (C=O) groups is 3. The first-order valence-electron chi connectivity index (χ1n) is 6.30. The number of rotatable bonds is 5. The van der Waals surface area contributed by atoms with Crippen LogP contribution in [0.3, 0.4) is 0 Å². The average Bonchev–Trinajstić information content (AvgIpc) is 2.68. The monoisotopic (exact) mass is 276 g/mol. The molecule has 106 valence electrons. The van der Waals surface area contributed by atoms with Crippen LogP contribution in [-0.4, -0.2) is 49.9 Å². The van der Waals surface area contributed by atoms with E-state index in [1.807, 2.05) is 0 Å². The molecule has 0 atom stereocenters. The van der Waals surface area contributed by atoms with Crippen molar-refractivity contribution >= 4 is 17.7 Å². The first-order valence-corrected chi connectivity index (χ1v) is 6.30. The maximum Gasteiger partial charge on any atom is 0.261 e. The molecule has 0 radical (unpaired) electrons. The van der Waals surface area contributed by atoms with Crippen LogP contribution in [0.4, 0.5) is 0 Å². The zero-order chi connectivity index (χ0) is 14.7. The molecule has 0 unspecified atom stereocenters. The number of carbonyl (C=O) groups excluding carboxylic acids is 3. The Morgan fingerprint density at radius 2 is 1.95 bits per heavy atom. The number of benzene rings is 1. The summed E-state index contributed by atoms with van der Waals surface area (Å²) >= 11 is 0. The normalized spacial score (nSPS) is 13.6. The largest absolute Gasteiger partial charge is 0.385 e. The highest BCUT2D eigenvalue weighted by Gasteiger charge is 2.33. The van der Waals surface area contributed by atoms with Gasteiger partial charge in [0.05, 0.1) is 11.1 Å². The van der Waals surface area contributed by atoms with Gasteiger partial charge in [-0.2, -0.15) is 0 Å². The van der Waals surface area contributed by atoms with E-state index in [0.29, 0.717) is 30.7 Å². The Bertz CT molecular complexity index is 568. The maximum atomic E-state index is 11.9. The Balaban J connectivity index is 2.11. The highest BCUT2D eigenvalue weighted by molar-refractivity contribution is 6.21. The fraction of sp³-hybridized carbons (Fsp3) is 0.357. The van der Waals surface area contributed by atoms with Crippen LogP contribution in [0.1, 0.15) is 37.5 Å². The van der Waals surface area contributed by atoms with Crippen LogP contribution in [0, 0.1) is 0 Å². The third kappa shape index (κ3) is 2.55. The van der Waals surface area contributed by atoms with Gasteiger partial charge < -0.3 is 10.1 Å². The lowest BCUT2D eigenvalue weighted by atomic mass is 10.1. The van der Waals surface area contributed by atoms with E-state index in [9.17, 15) is 14.4 Å². The van der Waals surface area contributed by atoms with Crippen molar-refractivity contribution in [1.82, 2.24) is 10.2 Å². The fourth-order valence-electron chi connectivity index (χ4n) is 2.02. The molecule has 0 aliphatic carbocycles. The van der Waals surface area contributed by atoms with Gasteiger partial charge in [0, 0.05) is 32.9 Å². The first-order chi connectivity index (χ1) is 9.56. The molecule has 0 aromatic heterocycles. The minimum absolute atomic E-state index is 0.265. The van der Waals surface area contributed by atoms with Crippen molar-refractivity contribution in [3.63, 3.8) is 0 Å². The van der Waals surface area contributed by atoms with E-state index < -0.39 is 0 Å². The minimum atomic E-state index is -0.376. The zero-order valence-corrected chi connectivity index (χ0v) is 11.4. The van der Waals surface area contributed by atoms with Gasteiger partial charge in [0.1, 0.15) is 0 Å². The van der Waals surface area contributed by atoms with Gasteiger partial charge in [0.2, 0.25) is 0 Å². The fourth-order valence-corrected chi connectivity index (χ4v) is 2.02. The Labute approximate surface area is 116 Å². The number of hydrogen-bond donors (Lipinski definition) is 1. The van der Waals surface area contributed by atoms with E-state index in [2.05, 4.69) is 5.32 Å². The molecule has 0 bridgehead atoms. The van der Waals surface area contributed by atoms with Gasteiger partial charge in [0.15, 0.2) is 0 Å². The van der Waals surface area contributed by atoms with Crippen LogP contribution in [-0.2, 0) is 4.74 Å². The van der Waals surface area contributed by atoms with E-state index in [-0.39, 0.29) is 23.3 Å². The van der Waals surface area contributed by atoms with Crippen molar-refractivity contribution in [2.45, 2.75) is 6.42 Å². The van der Waals surface area contributed by atoms with Crippen molar-refractivity contribution in [2.75, 3.05) is 27.3 Å². The van der Waals surface area contributed by atoms with Crippen LogP contribution in [0.5, 0.6) is 0 Å². The lowest BCUT2D eigenvalue weighted by Crippen LogP contribution is -2.25. The predicted molar refractivity (Wildman–Crippen MR) is 71.7 cm³/mol. The summed E-state index contributed by atoms with van der Waals surface area (Å²) in [5.74, 6) is -0.977. The molecule has 1 aromatic rings. The number of methoxy groups -OCH3 is 1. The van der Waals surface area contributed by atoms with Crippen LogP contribution in [0.25, 0.3) is 0 Å². The Hall–Kier alpha value is -2.21. The molecule has 0 saturated heterocycles. The van der Waals surface area contributed by atoms with Crippen molar-refractivity contribution < 1.29 is 19.1 Å². The molecule has 2 rings (SSSR count). The van der Waals surface area contributed by atoms with E-state index in [1.165, 1.54) is 19.2 Å². The summed E-state index contributed by atoms with van der Waals surface area (Å²) in [6, 6.07) is 4.53. The molecular formula is C14H16N2O4. The summed E-state index contributed by atoms with van der Waals surface area (Å²) in [6.45, 7) is 1.07. The molecule has 1 heterocycles. The molecule has 1 aliphatic rings. The molecule has 1 aliphatic heterocycles. The van der Waals surface area contributed by atoms with E-state index in [0.717, 1.165) is 4.90 Å². The van der Waals surface area contributed by atoms with Gasteiger partial charge in [-0.3, -0.25) is 19.3 Å². The van der Waals surface area contributed by atoms with Gasteiger partial charge in [-0.05, 0) is 24.6 Å². The molecule has 3 amide bonds. The summed E-state index contributed by atoms with van der Waals surface area (Å²) in [5.41, 5.74) is 0.994. The lowest BCUT2D eigenvalue weighted by molar-refractivity contribution is 0.0693. The SMILES string of the molecule is COCCCNC(=O)c1ccc2c(c1)C(=O)N(C)C2=O. The van der Waals surface area contributed by atoms with Crippen molar-refractivity contribution in [1.29, 1.82) is 0 Å². The highest BCUT2D eigenvalue weighted by atomic mass is 16.5. The number of amides is 3. The number of imide groups is 1. The van der Waals surface area contributed by atoms with Gasteiger partial charge in [-0.1, -0.05) is 0 Å². The third-order valence-corrected chi connectivity index (χ3v) is 3.16. The van der Waals surface area contributed by atoms with Crippen molar-refractivity contribution in [3.05, 3.63) is 34.9 Å². The summed E-state index contributed by atoms with van der Waals surface area (Å²) in [7, 11) is 3.02. The second kappa shape index (κ2) is 5.83. The second-order valence-electron chi connectivity index (χ2n) is 4.53. The Kier molecular flexibility index (Phi) is 4.14. The smallest absolute Gasteiger partial charge is 0.261 e. The minimum Gasteiger partial charge on any atom is -0.385 e. The number of fused-ring (bicyclic) bond motifs is 1. The lowest BCUT2D eigenvalue weighted by Gasteiger charge is -2.05. The predicted octanol–water partition coefficient (Wildman–Crippen LogP) is 0.679. The quantitative estimate of drug-likeness (QED) is 0.634. The first kappa shape index (κ1) is 14.2. The van der Waals surface area contributed by atoms with E-state index >= 15 is 0 Å². The maximum absolute atomic E-state index is 11.9. The summed E-state index contributed by atoms with van der Waals surface area (Å²) in [4.78, 5) is 36.5. The number of nitrogens with zero attached hydrogens (tertiary/aromatic N) is 1. The molecular weight excluding hydrogens is 260 g/mol. The number of ether oxygens (including phenoxy) is 1. The molecule has 0 spiro atoms. The molecule has 0 fully saturated rings. The topological polar surface area (TPSA) is 75.7 Å². The van der Waals surface area contributed by atoms with Crippen molar-refractivity contribution in [2.24, 2.45) is 0 Å². The average molecular weight is 276 g/mol. The second-order valence-corrected chi connectivity index (χ2v) is 4.53. The van der Waals surface area contributed by atoms with Crippen molar-refractivity contribution in [3.8, 4) is 0 Å². The molecule has 1 aromatic carbocycles. The number of hydrogen-bond acceptors (Lipinski definition) is 4. The van der Waals surface area contributed by atoms with Gasteiger partial charge >= 0.3 is 0 Å². The molecule has 6 nitrogen and oxygen atoms in total. The van der Waals surface area contributed by atoms with Crippen LogP contribution < -0.4 is 5.32 Å². The Morgan fingerprint density at radius 3 is 2.65 bits per heavy atom. The van der Waals surface area contributed by atoms with Gasteiger partial charge in [-0.25, -0.2) is 0 Å². The standard InChI is InChI=1S/C14H16N2O4/c1-16-13(18)10-5-4-9(8-11(10)14(16)19)12(17)15-6-3-7-20-2/h4-5,8H,3,6-7H2,1-2H3,(H,15,17). The zero-order valence-electron chi connectivity index (χ0n) is 11.4. The summed E-state index contributed by atoms with van der Waals surface area (Å²) in [5, 5.41) is 2.73. The number of nitrogens with one attached hydrogen (secondary N) is 1. The Morgan fingerprint density at radius 1 is 1.25 bits per heavy atom. The van der Waals surface area contributed by atoms with Crippen LogP contribution >= 0.6 is 0 Å². The van der Waals surface area contributed by atoms with E-state index in [4.69, 9.17) is 4.74 Å². The summed E-state index contributed by atoms with van der Waals surface area (Å²) in [6.07, 6.45) is 0.716. The van der Waals surface area contributed by atoms with Gasteiger partial charge in [-0.15, -0.1) is 0 Å². The van der Waals surface area contributed by atoms with Crippen LogP contribution in [0.2, 0.25) is 0 Å². The molecule has 0 saturated carbocycles. The van der Waals surface area contributed by atoms with Gasteiger partial charge in [0.25, 0.3) is 17.7 Å². The highest BCUT2D eigenvalue weighted by Crippen LogP contribution is 2.22. The molecule has 20 heavy (non-hydrogen) atoms.